The van der Waals surface area contributed by atoms with E-state index in [0.29, 0.717) is 29.5 Å². The quantitative estimate of drug-likeness (QED) is 0.176. The Bertz CT molecular complexity index is 1070. The highest BCUT2D eigenvalue weighted by Gasteiger charge is 2.77. The van der Waals surface area contributed by atoms with Crippen LogP contribution in [0.1, 0.15) is 72.1 Å². The average molecular weight is 512 g/mol. The molecule has 5 saturated carbocycles. The van der Waals surface area contributed by atoms with Gasteiger partial charge in [0.2, 0.25) is 0 Å². The van der Waals surface area contributed by atoms with Crippen molar-refractivity contribution in [2.45, 2.75) is 78.2 Å². The topological polar surface area (TPSA) is 87.9 Å². The first kappa shape index (κ1) is 25.1. The molecular formula is C30H41NO6. The van der Waals surface area contributed by atoms with Gasteiger partial charge < -0.3 is 14.2 Å². The molecule has 7 nitrogen and oxygen atoms in total. The zero-order chi connectivity index (χ0) is 26.2. The molecule has 0 aliphatic heterocycles. The fraction of sp³-hybridized carbons (Fsp3) is 0.767. The molecule has 202 valence electrons. The van der Waals surface area contributed by atoms with Crippen molar-refractivity contribution in [1.82, 2.24) is 0 Å². The summed E-state index contributed by atoms with van der Waals surface area (Å²) in [5.74, 6) is 4.20. The first-order chi connectivity index (χ1) is 17.6. The van der Waals surface area contributed by atoms with Crippen molar-refractivity contribution in [3.8, 4) is 5.75 Å². The van der Waals surface area contributed by atoms with Crippen molar-refractivity contribution in [3.05, 3.63) is 34.4 Å². The van der Waals surface area contributed by atoms with E-state index in [1.807, 2.05) is 7.11 Å². The molecule has 5 aliphatic rings. The highest BCUT2D eigenvalue weighted by molar-refractivity contribution is 5.64. The molecule has 7 heteroatoms. The number of nitro benzene ring substituents is 1. The molecule has 37 heavy (non-hydrogen) atoms. The highest BCUT2D eigenvalue weighted by Crippen LogP contribution is 2.82. The highest BCUT2D eigenvalue weighted by atomic mass is 16.7. The predicted molar refractivity (Wildman–Crippen MR) is 138 cm³/mol. The number of hydrogen-bond acceptors (Lipinski definition) is 6. The lowest BCUT2D eigenvalue weighted by atomic mass is 9.45. The van der Waals surface area contributed by atoms with E-state index in [1.54, 1.807) is 0 Å². The fourth-order valence-electron chi connectivity index (χ4n) is 10.6. The Morgan fingerprint density at radius 1 is 1.11 bits per heavy atom. The summed E-state index contributed by atoms with van der Waals surface area (Å²) < 4.78 is 17.0. The Balaban J connectivity index is 1.10. The van der Waals surface area contributed by atoms with E-state index >= 15 is 0 Å². The minimum atomic E-state index is -0.752. The molecule has 0 bridgehead atoms. The van der Waals surface area contributed by atoms with Crippen LogP contribution in [0.2, 0.25) is 0 Å². The van der Waals surface area contributed by atoms with Gasteiger partial charge in [-0.2, -0.15) is 0 Å². The summed E-state index contributed by atoms with van der Waals surface area (Å²) in [7, 11) is 1.95. The van der Waals surface area contributed by atoms with Gasteiger partial charge in [-0.25, -0.2) is 4.79 Å². The second-order valence-corrected chi connectivity index (χ2v) is 13.4. The molecule has 1 spiro atoms. The van der Waals surface area contributed by atoms with Gasteiger partial charge in [0, 0.05) is 24.7 Å². The van der Waals surface area contributed by atoms with Crippen molar-refractivity contribution in [2.75, 3.05) is 13.7 Å². The second-order valence-electron chi connectivity index (χ2n) is 13.4. The van der Waals surface area contributed by atoms with Crippen molar-refractivity contribution in [2.24, 2.45) is 51.8 Å². The minimum Gasteiger partial charge on any atom is -0.434 e. The van der Waals surface area contributed by atoms with Crippen LogP contribution >= 0.6 is 0 Å². The van der Waals surface area contributed by atoms with Crippen LogP contribution < -0.4 is 4.74 Å². The van der Waals surface area contributed by atoms with Crippen LogP contribution in [0.15, 0.2) is 24.3 Å². The molecule has 1 aromatic rings. The standard InChI is InChI=1S/C30H41NO6/c1-18(17-36-27(32)37-21-7-5-20(6-8-21)31(33)34)23-9-10-24-22-15-26(35-4)30-16-19(30)11-14-29(30,3)25(22)12-13-28(23,24)2/h5-8,18-19,22-26H,9-17H2,1-4H3/t18-,19?,22+,23-,24+,25+,26?,28-,29-,30+/m1/s1. The number of rotatable bonds is 6. The van der Waals surface area contributed by atoms with E-state index < -0.39 is 11.1 Å². The van der Waals surface area contributed by atoms with Crippen molar-refractivity contribution in [1.29, 1.82) is 0 Å². The van der Waals surface area contributed by atoms with E-state index in [1.165, 1.54) is 75.6 Å². The largest absolute Gasteiger partial charge is 0.513 e. The van der Waals surface area contributed by atoms with Gasteiger partial charge in [-0.05, 0) is 110 Å². The summed E-state index contributed by atoms with van der Waals surface area (Å²) in [5.41, 5.74) is 1.13. The number of nitrogens with zero attached hydrogens (tertiary/aromatic N) is 1. The van der Waals surface area contributed by atoms with Gasteiger partial charge in [-0.1, -0.05) is 20.8 Å². The molecule has 6 rings (SSSR count). The first-order valence-electron chi connectivity index (χ1n) is 14.3. The molecule has 5 aliphatic carbocycles. The third-order valence-corrected chi connectivity index (χ3v) is 12.3. The zero-order valence-corrected chi connectivity index (χ0v) is 22.6. The lowest BCUT2D eigenvalue weighted by Gasteiger charge is -2.61. The number of methoxy groups -OCH3 is 1. The van der Waals surface area contributed by atoms with Crippen LogP contribution in [0, 0.1) is 61.9 Å². The molecule has 1 aromatic carbocycles. The molecule has 0 amide bonds. The molecule has 10 atom stereocenters. The molecule has 0 heterocycles. The van der Waals surface area contributed by atoms with Crippen molar-refractivity contribution >= 4 is 11.8 Å². The Morgan fingerprint density at radius 2 is 1.86 bits per heavy atom. The summed E-state index contributed by atoms with van der Waals surface area (Å²) >= 11 is 0. The van der Waals surface area contributed by atoms with E-state index in [4.69, 9.17) is 14.2 Å². The first-order valence-corrected chi connectivity index (χ1v) is 14.3. The van der Waals surface area contributed by atoms with Crippen LogP contribution in [-0.2, 0) is 9.47 Å². The van der Waals surface area contributed by atoms with Crippen LogP contribution in [0.4, 0.5) is 10.5 Å². The fourth-order valence-corrected chi connectivity index (χ4v) is 10.6. The normalized spacial score (nSPS) is 44.1. The van der Waals surface area contributed by atoms with Gasteiger partial charge in [-0.3, -0.25) is 10.1 Å². The van der Waals surface area contributed by atoms with E-state index in [0.717, 1.165) is 23.7 Å². The summed E-state index contributed by atoms with van der Waals surface area (Å²) in [5, 5.41) is 10.8. The third-order valence-electron chi connectivity index (χ3n) is 12.3. The molecule has 0 radical (unpaired) electrons. The Kier molecular flexibility index (Phi) is 5.90. The summed E-state index contributed by atoms with van der Waals surface area (Å²) in [6, 6.07) is 5.47. The van der Waals surface area contributed by atoms with Gasteiger partial charge in [-0.15, -0.1) is 0 Å². The smallest absolute Gasteiger partial charge is 0.434 e. The number of nitro groups is 1. The summed E-state index contributed by atoms with van der Waals surface area (Å²) in [6.07, 6.45) is 10.1. The SMILES string of the molecule is COC1C[C@H]2[C@@H]3CC[C@H]([C@H](C)COC(=O)Oc4ccc([N+](=O)[O-])cc4)[C@@]3(C)CC[C@@H]2[C@@]2(C)CCC3C[C@]312. The van der Waals surface area contributed by atoms with E-state index in [-0.39, 0.29) is 22.8 Å². The van der Waals surface area contributed by atoms with Crippen LogP contribution in [0.3, 0.4) is 0 Å². The Morgan fingerprint density at radius 3 is 2.54 bits per heavy atom. The van der Waals surface area contributed by atoms with Gasteiger partial charge in [0.1, 0.15) is 5.75 Å². The maximum absolute atomic E-state index is 12.4. The maximum Gasteiger partial charge on any atom is 0.513 e. The van der Waals surface area contributed by atoms with E-state index in [2.05, 4.69) is 20.8 Å². The molecule has 0 saturated heterocycles. The lowest BCUT2D eigenvalue weighted by Crippen LogP contribution is -2.57. The van der Waals surface area contributed by atoms with Crippen LogP contribution in [0.5, 0.6) is 5.75 Å². The zero-order valence-electron chi connectivity index (χ0n) is 22.6. The second kappa shape index (κ2) is 8.69. The number of benzene rings is 1. The van der Waals surface area contributed by atoms with Gasteiger partial charge in [0.25, 0.3) is 5.69 Å². The van der Waals surface area contributed by atoms with Crippen LogP contribution in [-0.4, -0.2) is 30.9 Å². The van der Waals surface area contributed by atoms with Gasteiger partial charge in [0.05, 0.1) is 17.6 Å². The summed E-state index contributed by atoms with van der Waals surface area (Å²) in [4.78, 5) is 22.7. The number of non-ortho nitro benzene ring substituents is 1. The minimum absolute atomic E-state index is 0.0445. The van der Waals surface area contributed by atoms with Crippen molar-refractivity contribution < 1.29 is 23.9 Å². The molecule has 2 unspecified atom stereocenters. The van der Waals surface area contributed by atoms with Crippen LogP contribution in [0.25, 0.3) is 0 Å². The average Bonchev–Trinajstić information content (AvgIpc) is 3.38. The number of hydrogen-bond donors (Lipinski definition) is 0. The van der Waals surface area contributed by atoms with Gasteiger partial charge in [0.15, 0.2) is 0 Å². The van der Waals surface area contributed by atoms with Gasteiger partial charge >= 0.3 is 6.16 Å². The molecule has 5 fully saturated rings. The molecule has 0 N–H and O–H groups in total. The van der Waals surface area contributed by atoms with E-state index in [9.17, 15) is 14.9 Å². The monoisotopic (exact) mass is 511 g/mol. The lowest BCUT2D eigenvalue weighted by molar-refractivity contribution is -0.384. The Labute approximate surface area is 219 Å². The van der Waals surface area contributed by atoms with Crippen molar-refractivity contribution in [3.63, 3.8) is 0 Å². The molecular weight excluding hydrogens is 470 g/mol. The summed E-state index contributed by atoms with van der Waals surface area (Å²) in [6.45, 7) is 7.67. The Hall–Kier alpha value is -2.15. The number of ether oxygens (including phenoxy) is 3. The number of carbonyl (C=O) groups excluding carboxylic acids is 1. The number of carbonyl (C=O) groups is 1. The maximum atomic E-state index is 12.4. The molecule has 0 aromatic heterocycles. The third kappa shape index (κ3) is 3.59. The predicted octanol–water partition coefficient (Wildman–Crippen LogP) is 7.03. The number of fused-ring (bicyclic) bond motifs is 4.